The number of hydrogen-bond donors (Lipinski definition) is 3. The van der Waals surface area contributed by atoms with E-state index in [1.165, 1.54) is 23.0 Å². The molecular formula is C39H31Cl2F2N5O7. The highest BCUT2D eigenvalue weighted by molar-refractivity contribution is 6.33. The highest BCUT2D eigenvalue weighted by Crippen LogP contribution is 2.29. The zero-order valence-electron chi connectivity index (χ0n) is 29.4. The van der Waals surface area contributed by atoms with Gasteiger partial charge in [-0.2, -0.15) is 0 Å². The van der Waals surface area contributed by atoms with Gasteiger partial charge in [0.1, 0.15) is 17.1 Å². The monoisotopic (exact) mass is 789 g/mol. The number of nitrogens with zero attached hydrogens (tertiary/aromatic N) is 4. The summed E-state index contributed by atoms with van der Waals surface area (Å²) in [5.41, 5.74) is 2.70. The summed E-state index contributed by atoms with van der Waals surface area (Å²) in [7, 11) is 4.36. The molecule has 2 aliphatic heterocycles. The molecule has 0 bridgehead atoms. The van der Waals surface area contributed by atoms with E-state index < -0.39 is 46.5 Å². The third-order valence-corrected chi connectivity index (χ3v) is 9.17. The number of aliphatic hydroxyl groups is 2. The molecule has 4 N–H and O–H groups in total. The van der Waals surface area contributed by atoms with Crippen molar-refractivity contribution in [2.24, 2.45) is 5.73 Å². The first kappa shape index (κ1) is 40.3. The SMILES string of the molecule is CN1CC[C@@](O)(C#Cc2cccc(-c3nc(C(N)=O)c(Cl)cc3F)c2)C1=O.COC(=O)c1nc(-c2cccc(C#C[C@]3(O)CCN(C)C3=O)c2)c(F)cc1Cl. The van der Waals surface area contributed by atoms with Crippen LogP contribution in [0.2, 0.25) is 10.0 Å². The first-order valence-electron chi connectivity index (χ1n) is 16.3. The Morgan fingerprint density at radius 2 is 1.20 bits per heavy atom. The molecule has 0 unspecified atom stereocenters. The van der Waals surface area contributed by atoms with Crippen molar-refractivity contribution in [1.82, 2.24) is 19.8 Å². The van der Waals surface area contributed by atoms with Crippen LogP contribution < -0.4 is 5.73 Å². The minimum atomic E-state index is -1.73. The molecule has 16 heteroatoms. The van der Waals surface area contributed by atoms with Gasteiger partial charge >= 0.3 is 5.97 Å². The number of benzene rings is 2. The van der Waals surface area contributed by atoms with E-state index in [0.29, 0.717) is 35.3 Å². The summed E-state index contributed by atoms with van der Waals surface area (Å²) in [6.07, 6.45) is 0.426. The van der Waals surface area contributed by atoms with Crippen LogP contribution in [-0.2, 0) is 14.3 Å². The van der Waals surface area contributed by atoms with Gasteiger partial charge < -0.3 is 30.5 Å². The molecule has 0 radical (unpaired) electrons. The molecule has 6 rings (SSSR count). The van der Waals surface area contributed by atoms with Crippen molar-refractivity contribution in [2.75, 3.05) is 34.3 Å². The normalized spacial score (nSPS) is 18.8. The number of amides is 3. The second-order valence-electron chi connectivity index (χ2n) is 12.5. The predicted molar refractivity (Wildman–Crippen MR) is 197 cm³/mol. The number of carbonyl (C=O) groups is 4. The lowest BCUT2D eigenvalue weighted by Gasteiger charge is -2.13. The molecule has 0 aliphatic carbocycles. The van der Waals surface area contributed by atoms with Gasteiger partial charge in [-0.3, -0.25) is 14.4 Å². The number of rotatable bonds is 4. The van der Waals surface area contributed by atoms with Crippen LogP contribution in [0.3, 0.4) is 0 Å². The standard InChI is InChI=1S/C20H16ClFN2O4.C19H15ClFN3O3/c1-24-9-8-20(27,19(24)26)7-6-12-4-3-5-13(10-12)16-15(22)11-14(21)17(23-16)18(25)28-2;1-24-8-7-19(27,18(24)26)6-5-11-3-2-4-12(9-11)15-14(21)10-13(20)16(23-15)17(22)25/h3-5,10-11,27H,8-9H2,1-2H3;2-4,9-10,27H,7-8H2,1H3,(H2,22,25)/t20-;19-/m00/s1. The molecule has 282 valence electrons. The fraction of sp³-hybridized carbons (Fsp3) is 0.231. The highest BCUT2D eigenvalue weighted by atomic mass is 35.5. The van der Waals surface area contributed by atoms with Gasteiger partial charge in [0.25, 0.3) is 17.7 Å². The van der Waals surface area contributed by atoms with Gasteiger partial charge in [0.2, 0.25) is 11.2 Å². The van der Waals surface area contributed by atoms with E-state index in [1.807, 2.05) is 0 Å². The van der Waals surface area contributed by atoms with Crippen molar-refractivity contribution in [3.63, 3.8) is 0 Å². The minimum absolute atomic E-state index is 0.0937. The van der Waals surface area contributed by atoms with Crippen LogP contribution in [0.25, 0.3) is 22.5 Å². The fourth-order valence-corrected chi connectivity index (χ4v) is 5.98. The number of ether oxygens (including phenoxy) is 1. The van der Waals surface area contributed by atoms with Crippen molar-refractivity contribution in [3.8, 4) is 46.2 Å². The molecule has 4 aromatic rings. The number of methoxy groups -OCH3 is 1. The number of likely N-dealkylation sites (tertiary alicyclic amines) is 2. The summed E-state index contributed by atoms with van der Waals surface area (Å²) in [6, 6.07) is 14.7. The third-order valence-electron chi connectivity index (χ3n) is 8.59. The van der Waals surface area contributed by atoms with Crippen LogP contribution >= 0.6 is 23.2 Å². The number of aromatic nitrogens is 2. The van der Waals surface area contributed by atoms with Crippen molar-refractivity contribution in [2.45, 2.75) is 24.0 Å². The number of carbonyl (C=O) groups excluding carboxylic acids is 4. The number of halogens is 4. The summed E-state index contributed by atoms with van der Waals surface area (Å²) in [5.74, 6) is 6.68. The Labute approximate surface area is 323 Å². The summed E-state index contributed by atoms with van der Waals surface area (Å²) >= 11 is 11.7. The van der Waals surface area contributed by atoms with Crippen LogP contribution in [0.4, 0.5) is 8.78 Å². The van der Waals surface area contributed by atoms with Crippen molar-refractivity contribution in [1.29, 1.82) is 0 Å². The van der Waals surface area contributed by atoms with Crippen LogP contribution in [-0.4, -0.2) is 99.2 Å². The van der Waals surface area contributed by atoms with Gasteiger partial charge in [0, 0.05) is 62.3 Å². The molecule has 2 fully saturated rings. The Balaban J connectivity index is 0.000000211. The largest absolute Gasteiger partial charge is 0.464 e. The average Bonchev–Trinajstić information content (AvgIpc) is 3.57. The summed E-state index contributed by atoms with van der Waals surface area (Å²) in [6.45, 7) is 0.833. The lowest BCUT2D eigenvalue weighted by atomic mass is 10.0. The molecule has 2 saturated heterocycles. The molecule has 2 aromatic heterocycles. The smallest absolute Gasteiger partial charge is 0.358 e. The van der Waals surface area contributed by atoms with E-state index in [-0.39, 0.29) is 45.7 Å². The quantitative estimate of drug-likeness (QED) is 0.205. The van der Waals surface area contributed by atoms with E-state index in [0.717, 1.165) is 12.1 Å². The number of likely N-dealkylation sites (N-methyl/N-ethyl adjacent to an activating group) is 2. The first-order chi connectivity index (χ1) is 26.0. The number of esters is 1. The molecular weight excluding hydrogens is 759 g/mol. The Bertz CT molecular complexity index is 2370. The van der Waals surface area contributed by atoms with Gasteiger partial charge in [-0.25, -0.2) is 23.5 Å². The lowest BCUT2D eigenvalue weighted by molar-refractivity contribution is -0.138. The van der Waals surface area contributed by atoms with E-state index in [1.54, 1.807) is 56.6 Å². The topological polar surface area (TPSA) is 176 Å². The molecule has 12 nitrogen and oxygen atoms in total. The maximum absolute atomic E-state index is 14.4. The van der Waals surface area contributed by atoms with E-state index >= 15 is 0 Å². The highest BCUT2D eigenvalue weighted by Gasteiger charge is 2.43. The lowest BCUT2D eigenvalue weighted by Crippen LogP contribution is -2.37. The van der Waals surface area contributed by atoms with Gasteiger partial charge in [-0.05, 0) is 36.4 Å². The predicted octanol–water partition coefficient (Wildman–Crippen LogP) is 3.86. The van der Waals surface area contributed by atoms with Gasteiger partial charge in [0.15, 0.2) is 17.3 Å². The third kappa shape index (κ3) is 8.75. The Morgan fingerprint density at radius 1 is 0.782 bits per heavy atom. The van der Waals surface area contributed by atoms with Gasteiger partial charge in [0.05, 0.1) is 17.2 Å². The Kier molecular flexibility index (Phi) is 11.9. The first-order valence-corrected chi connectivity index (χ1v) is 17.0. The molecule has 55 heavy (non-hydrogen) atoms. The van der Waals surface area contributed by atoms with Crippen LogP contribution in [0.5, 0.6) is 0 Å². The number of pyridine rings is 2. The Morgan fingerprint density at radius 3 is 1.58 bits per heavy atom. The van der Waals surface area contributed by atoms with Gasteiger partial charge in [-0.1, -0.05) is 71.1 Å². The summed E-state index contributed by atoms with van der Waals surface area (Å²) < 4.78 is 33.3. The van der Waals surface area contributed by atoms with E-state index in [9.17, 15) is 38.2 Å². The molecule has 2 atom stereocenters. The van der Waals surface area contributed by atoms with Crippen LogP contribution in [0.1, 0.15) is 44.9 Å². The maximum Gasteiger partial charge on any atom is 0.358 e. The molecule has 2 aliphatic rings. The second kappa shape index (κ2) is 16.2. The van der Waals surface area contributed by atoms with Crippen molar-refractivity contribution >= 4 is 46.9 Å². The molecule has 0 saturated carbocycles. The summed E-state index contributed by atoms with van der Waals surface area (Å²) in [4.78, 5) is 57.8. The molecule has 4 heterocycles. The zero-order chi connectivity index (χ0) is 40.2. The van der Waals surface area contributed by atoms with Crippen LogP contribution in [0, 0.1) is 35.3 Å². The molecule has 2 aromatic carbocycles. The van der Waals surface area contributed by atoms with E-state index in [2.05, 4.69) is 38.4 Å². The minimum Gasteiger partial charge on any atom is -0.464 e. The second-order valence-corrected chi connectivity index (χ2v) is 13.3. The number of hydrogen-bond acceptors (Lipinski definition) is 9. The average molecular weight is 791 g/mol. The maximum atomic E-state index is 14.4. The van der Waals surface area contributed by atoms with Crippen molar-refractivity contribution in [3.05, 3.63) is 105 Å². The zero-order valence-corrected chi connectivity index (χ0v) is 30.9. The van der Waals surface area contributed by atoms with Crippen molar-refractivity contribution < 1.29 is 42.9 Å². The Hall–Kier alpha value is -5.90. The molecule has 3 amide bonds. The number of primary amides is 1. The van der Waals surface area contributed by atoms with E-state index in [4.69, 9.17) is 28.9 Å². The summed E-state index contributed by atoms with van der Waals surface area (Å²) in [5, 5.41) is 20.4. The fourth-order valence-electron chi connectivity index (χ4n) is 5.53. The number of nitrogens with two attached hydrogens (primary N) is 1. The molecule has 0 spiro atoms. The van der Waals surface area contributed by atoms with Gasteiger partial charge in [-0.15, -0.1) is 0 Å². The van der Waals surface area contributed by atoms with Crippen LogP contribution in [0.15, 0.2) is 60.7 Å².